The first-order valence-corrected chi connectivity index (χ1v) is 16.2. The number of hydrogen-bond donors (Lipinski definition) is 3. The summed E-state index contributed by atoms with van der Waals surface area (Å²) in [6.07, 6.45) is -0.0173. The molecule has 43 heavy (non-hydrogen) atoms. The van der Waals surface area contributed by atoms with Crippen LogP contribution in [0.3, 0.4) is 0 Å². The van der Waals surface area contributed by atoms with E-state index in [0.717, 1.165) is 31.7 Å². The minimum Gasteiger partial charge on any atom is -0.480 e. The molecular formula is C32H26BrN3O5S2. The van der Waals surface area contributed by atoms with Gasteiger partial charge in [-0.05, 0) is 60.9 Å². The first kappa shape index (κ1) is 30.3. The number of amides is 1. The zero-order valence-electron chi connectivity index (χ0n) is 22.8. The molecule has 11 heteroatoms. The molecule has 0 unspecified atom stereocenters. The number of hydrogen-bond acceptors (Lipinski definition) is 6. The second-order valence-electron chi connectivity index (χ2n) is 9.75. The number of carboxylic acid groups (broad SMARTS) is 1. The van der Waals surface area contributed by atoms with Crippen molar-refractivity contribution < 1.29 is 23.1 Å². The Morgan fingerprint density at radius 1 is 0.884 bits per heavy atom. The summed E-state index contributed by atoms with van der Waals surface area (Å²) in [4.78, 5) is 30.4. The fourth-order valence-electron chi connectivity index (χ4n) is 4.32. The van der Waals surface area contributed by atoms with Gasteiger partial charge in [0, 0.05) is 15.6 Å². The van der Waals surface area contributed by atoms with Gasteiger partial charge in [-0.15, -0.1) is 0 Å². The Kier molecular flexibility index (Phi) is 9.16. The van der Waals surface area contributed by atoms with Gasteiger partial charge < -0.3 is 5.11 Å². The number of carbonyl (C=O) groups is 2. The lowest BCUT2D eigenvalue weighted by Gasteiger charge is -2.15. The third-order valence-electron chi connectivity index (χ3n) is 6.58. The van der Waals surface area contributed by atoms with Gasteiger partial charge in [-0.25, -0.2) is 13.4 Å². The second kappa shape index (κ2) is 13.0. The van der Waals surface area contributed by atoms with Crippen molar-refractivity contribution in [3.05, 3.63) is 124 Å². The fourth-order valence-corrected chi connectivity index (χ4v) is 6.76. The van der Waals surface area contributed by atoms with E-state index in [1.807, 2.05) is 55.5 Å². The van der Waals surface area contributed by atoms with Gasteiger partial charge in [0.2, 0.25) is 10.0 Å². The molecule has 0 saturated heterocycles. The van der Waals surface area contributed by atoms with E-state index >= 15 is 0 Å². The molecule has 0 spiro atoms. The highest BCUT2D eigenvalue weighted by atomic mass is 79.9. The van der Waals surface area contributed by atoms with Crippen LogP contribution < -0.4 is 10.0 Å². The predicted molar refractivity (Wildman–Crippen MR) is 172 cm³/mol. The third kappa shape index (κ3) is 7.44. The van der Waals surface area contributed by atoms with E-state index in [-0.39, 0.29) is 16.9 Å². The molecule has 0 fully saturated rings. The van der Waals surface area contributed by atoms with Gasteiger partial charge in [0.15, 0.2) is 5.13 Å². The van der Waals surface area contributed by atoms with Crippen LogP contribution in [-0.4, -0.2) is 36.4 Å². The first-order valence-electron chi connectivity index (χ1n) is 13.1. The third-order valence-corrected chi connectivity index (χ3v) is 9.62. The molecular weight excluding hydrogens is 650 g/mol. The summed E-state index contributed by atoms with van der Waals surface area (Å²) in [6.45, 7) is 2.01. The summed E-state index contributed by atoms with van der Waals surface area (Å²) in [6, 6.07) is 28.5. The Bertz CT molecular complexity index is 1790. The summed E-state index contributed by atoms with van der Waals surface area (Å²) in [7, 11) is -4.17. The van der Waals surface area contributed by atoms with Gasteiger partial charge in [0.05, 0.1) is 15.5 Å². The van der Waals surface area contributed by atoms with Gasteiger partial charge in [0.25, 0.3) is 5.91 Å². The van der Waals surface area contributed by atoms with E-state index in [1.54, 1.807) is 30.3 Å². The molecule has 0 aliphatic rings. The molecule has 0 aliphatic heterocycles. The normalized spacial score (nSPS) is 12.0. The maximum atomic E-state index is 13.1. The zero-order valence-corrected chi connectivity index (χ0v) is 26.0. The number of sulfonamides is 1. The van der Waals surface area contributed by atoms with Crippen LogP contribution in [-0.2, 0) is 21.2 Å². The Labute approximate surface area is 261 Å². The van der Waals surface area contributed by atoms with Gasteiger partial charge in [0.1, 0.15) is 6.04 Å². The Morgan fingerprint density at radius 2 is 1.51 bits per heavy atom. The van der Waals surface area contributed by atoms with Crippen LogP contribution in [0, 0.1) is 6.92 Å². The van der Waals surface area contributed by atoms with Gasteiger partial charge in [-0.1, -0.05) is 99.6 Å². The number of aryl methyl sites for hydroxylation is 1. The van der Waals surface area contributed by atoms with Crippen molar-refractivity contribution in [2.75, 3.05) is 5.32 Å². The van der Waals surface area contributed by atoms with Crippen molar-refractivity contribution >= 4 is 54.3 Å². The molecule has 0 radical (unpaired) electrons. The number of nitrogens with zero attached hydrogens (tertiary/aromatic N) is 1. The molecule has 0 saturated carbocycles. The predicted octanol–water partition coefficient (Wildman–Crippen LogP) is 6.77. The topological polar surface area (TPSA) is 125 Å². The van der Waals surface area contributed by atoms with Gasteiger partial charge >= 0.3 is 5.97 Å². The van der Waals surface area contributed by atoms with Crippen LogP contribution >= 0.6 is 27.3 Å². The van der Waals surface area contributed by atoms with Gasteiger partial charge in [-0.3, -0.25) is 14.9 Å². The molecule has 5 aromatic rings. The molecule has 8 nitrogen and oxygen atoms in total. The number of carbonyl (C=O) groups excluding carboxylic acids is 1. The molecule has 218 valence electrons. The smallest absolute Gasteiger partial charge is 0.322 e. The van der Waals surface area contributed by atoms with Crippen LogP contribution in [0.1, 0.15) is 21.5 Å². The Hall–Kier alpha value is -4.16. The first-order chi connectivity index (χ1) is 20.6. The van der Waals surface area contributed by atoms with Crippen molar-refractivity contribution in [2.24, 2.45) is 0 Å². The molecule has 5 rings (SSSR count). The standard InChI is InChI=1S/C32H26BrN3O5S2/c1-20-7-9-23(10-8-20)29-28(22-11-15-25(33)16-12-22)34-32(42-29)35-30(37)24-13-17-26(18-14-24)43(40,41)36-27(31(38)39)19-21-5-3-2-4-6-21/h2-18,27,36H,19H2,1H3,(H,38,39)(H,34,35,37)/t27-/m0/s1. The summed E-state index contributed by atoms with van der Waals surface area (Å²) in [5.74, 6) is -1.75. The summed E-state index contributed by atoms with van der Waals surface area (Å²) < 4.78 is 29.1. The number of benzene rings is 4. The number of anilines is 1. The highest BCUT2D eigenvalue weighted by molar-refractivity contribution is 9.10. The van der Waals surface area contributed by atoms with Crippen molar-refractivity contribution in [2.45, 2.75) is 24.3 Å². The molecule has 3 N–H and O–H groups in total. The number of aromatic nitrogens is 1. The van der Waals surface area contributed by atoms with Crippen molar-refractivity contribution in [1.82, 2.24) is 9.71 Å². The maximum Gasteiger partial charge on any atom is 0.322 e. The van der Waals surface area contributed by atoms with Crippen molar-refractivity contribution in [3.63, 3.8) is 0 Å². The van der Waals surface area contributed by atoms with Crippen LogP contribution in [0.15, 0.2) is 112 Å². The van der Waals surface area contributed by atoms with E-state index in [0.29, 0.717) is 10.7 Å². The average Bonchev–Trinajstić information content (AvgIpc) is 3.41. The maximum absolute atomic E-state index is 13.1. The molecule has 1 aromatic heterocycles. The molecule has 4 aromatic carbocycles. The second-order valence-corrected chi connectivity index (χ2v) is 13.4. The highest BCUT2D eigenvalue weighted by Gasteiger charge is 2.26. The van der Waals surface area contributed by atoms with E-state index in [4.69, 9.17) is 4.98 Å². The monoisotopic (exact) mass is 675 g/mol. The Morgan fingerprint density at radius 3 is 2.14 bits per heavy atom. The number of carboxylic acids is 1. The summed E-state index contributed by atoms with van der Waals surface area (Å²) >= 11 is 4.80. The lowest BCUT2D eigenvalue weighted by molar-refractivity contribution is -0.138. The van der Waals surface area contributed by atoms with Gasteiger partial charge in [-0.2, -0.15) is 4.72 Å². The van der Waals surface area contributed by atoms with E-state index in [9.17, 15) is 23.1 Å². The van der Waals surface area contributed by atoms with Crippen molar-refractivity contribution in [1.29, 1.82) is 0 Å². The van der Waals surface area contributed by atoms with E-state index in [1.165, 1.54) is 35.6 Å². The largest absolute Gasteiger partial charge is 0.480 e. The van der Waals surface area contributed by atoms with Crippen LogP contribution in [0.4, 0.5) is 5.13 Å². The SMILES string of the molecule is Cc1ccc(-c2sc(NC(=O)c3ccc(S(=O)(=O)N[C@@H](Cc4ccccc4)C(=O)O)cc3)nc2-c2ccc(Br)cc2)cc1. The summed E-state index contributed by atoms with van der Waals surface area (Å²) in [5, 5.41) is 12.8. The van der Waals surface area contributed by atoms with Crippen LogP contribution in [0.5, 0.6) is 0 Å². The fraction of sp³-hybridized carbons (Fsp3) is 0.0938. The molecule has 0 aliphatic carbocycles. The average molecular weight is 677 g/mol. The van der Waals surface area contributed by atoms with Crippen LogP contribution in [0.25, 0.3) is 21.7 Å². The quantitative estimate of drug-likeness (QED) is 0.150. The highest BCUT2D eigenvalue weighted by Crippen LogP contribution is 2.39. The molecule has 1 atom stereocenters. The number of thiazole rings is 1. The zero-order chi connectivity index (χ0) is 30.6. The summed E-state index contributed by atoms with van der Waals surface area (Å²) in [5.41, 5.74) is 4.62. The number of aliphatic carboxylic acids is 1. The Balaban J connectivity index is 1.34. The number of nitrogens with one attached hydrogen (secondary N) is 2. The van der Waals surface area contributed by atoms with Crippen LogP contribution in [0.2, 0.25) is 0 Å². The molecule has 0 bridgehead atoms. The minimum atomic E-state index is -4.17. The number of rotatable bonds is 10. The lowest BCUT2D eigenvalue weighted by atomic mass is 10.1. The molecule has 1 heterocycles. The van der Waals surface area contributed by atoms with Crippen molar-refractivity contribution in [3.8, 4) is 21.7 Å². The molecule has 1 amide bonds. The number of halogens is 1. The van der Waals surface area contributed by atoms with E-state index in [2.05, 4.69) is 26.0 Å². The lowest BCUT2D eigenvalue weighted by Crippen LogP contribution is -2.42. The van der Waals surface area contributed by atoms with E-state index < -0.39 is 27.9 Å². The minimum absolute atomic E-state index is 0.0173.